The van der Waals surface area contributed by atoms with E-state index in [9.17, 15) is 19.2 Å². The van der Waals surface area contributed by atoms with E-state index in [2.05, 4.69) is 5.32 Å². The number of aromatic nitrogens is 1. The van der Waals surface area contributed by atoms with Crippen LogP contribution in [0.1, 0.15) is 21.9 Å². The van der Waals surface area contributed by atoms with Crippen LogP contribution in [0.3, 0.4) is 0 Å². The standard InChI is InChI=1S/C31H27N3O6S2/c1-17-4-8-19(9-5-17)32-23(35)16-33-30-27(42-31(33)38)24(18-6-12-21(39-2)13-7-18)25-26(41-30)29(37)34(28(25)36)20-10-14-22(40-3)15-11-20/h4-15,24-26H,16H2,1-3H3,(H,32,35). The lowest BCUT2D eigenvalue weighted by Crippen LogP contribution is -2.33. The van der Waals surface area contributed by atoms with Crippen molar-refractivity contribution in [3.05, 3.63) is 98.5 Å². The van der Waals surface area contributed by atoms with Crippen LogP contribution in [0.2, 0.25) is 0 Å². The second kappa shape index (κ2) is 11.1. The highest BCUT2D eigenvalue weighted by atomic mass is 32.2. The van der Waals surface area contributed by atoms with Crippen LogP contribution in [-0.2, 0) is 20.9 Å². The average Bonchev–Trinajstić information content (AvgIpc) is 3.44. The van der Waals surface area contributed by atoms with Crippen molar-refractivity contribution in [2.24, 2.45) is 5.92 Å². The maximum Gasteiger partial charge on any atom is 0.308 e. The van der Waals surface area contributed by atoms with Gasteiger partial charge in [-0.25, -0.2) is 4.90 Å². The summed E-state index contributed by atoms with van der Waals surface area (Å²) in [7, 11) is 3.12. The van der Waals surface area contributed by atoms with E-state index in [-0.39, 0.29) is 29.1 Å². The largest absolute Gasteiger partial charge is 0.497 e. The molecule has 3 heterocycles. The number of imide groups is 1. The molecule has 2 aliphatic rings. The Kier molecular flexibility index (Phi) is 7.38. The number of carbonyl (C=O) groups excluding carboxylic acids is 3. The minimum absolute atomic E-state index is 0.220. The number of anilines is 2. The van der Waals surface area contributed by atoms with Gasteiger partial charge in [-0.15, -0.1) is 0 Å². The molecule has 0 radical (unpaired) electrons. The van der Waals surface area contributed by atoms with Gasteiger partial charge < -0.3 is 14.8 Å². The summed E-state index contributed by atoms with van der Waals surface area (Å²) < 4.78 is 12.0. The molecule has 1 aromatic heterocycles. The molecule has 3 atom stereocenters. The number of hydrogen-bond donors (Lipinski definition) is 1. The van der Waals surface area contributed by atoms with Crippen LogP contribution in [0.5, 0.6) is 11.5 Å². The Labute approximate surface area is 250 Å². The van der Waals surface area contributed by atoms with E-state index in [0.29, 0.717) is 32.8 Å². The van der Waals surface area contributed by atoms with Crippen LogP contribution in [0.25, 0.3) is 0 Å². The van der Waals surface area contributed by atoms with Gasteiger partial charge in [0.05, 0.1) is 30.9 Å². The Morgan fingerprint density at radius 1 is 0.857 bits per heavy atom. The number of rotatable bonds is 7. The Balaban J connectivity index is 1.40. The average molecular weight is 602 g/mol. The van der Waals surface area contributed by atoms with Crippen LogP contribution in [0.15, 0.2) is 82.6 Å². The summed E-state index contributed by atoms with van der Waals surface area (Å²) in [6.45, 7) is 1.74. The van der Waals surface area contributed by atoms with E-state index in [1.165, 1.54) is 21.2 Å². The number of nitrogens with one attached hydrogen (secondary N) is 1. The molecule has 9 nitrogen and oxygen atoms in total. The highest BCUT2D eigenvalue weighted by Crippen LogP contribution is 2.54. The van der Waals surface area contributed by atoms with Crippen molar-refractivity contribution in [2.75, 3.05) is 24.4 Å². The smallest absolute Gasteiger partial charge is 0.308 e. The predicted octanol–water partition coefficient (Wildman–Crippen LogP) is 4.67. The van der Waals surface area contributed by atoms with Crippen LogP contribution >= 0.6 is 23.1 Å². The number of thiazole rings is 1. The number of hydrogen-bond acceptors (Lipinski definition) is 8. The summed E-state index contributed by atoms with van der Waals surface area (Å²) >= 11 is 2.19. The molecule has 3 unspecified atom stereocenters. The van der Waals surface area contributed by atoms with Gasteiger partial charge >= 0.3 is 4.87 Å². The first-order chi connectivity index (χ1) is 20.3. The number of carbonyl (C=O) groups is 3. The summed E-state index contributed by atoms with van der Waals surface area (Å²) in [4.78, 5) is 55.8. The SMILES string of the molecule is COc1ccc(C2c3sc(=O)n(CC(=O)Nc4ccc(C)cc4)c3SC3C(=O)N(c4ccc(OC)cc4)C(=O)C32)cc1. The van der Waals surface area contributed by atoms with Crippen molar-refractivity contribution in [3.8, 4) is 11.5 Å². The van der Waals surface area contributed by atoms with Crippen molar-refractivity contribution >= 4 is 52.2 Å². The van der Waals surface area contributed by atoms with Crippen molar-refractivity contribution in [2.45, 2.75) is 29.7 Å². The Morgan fingerprint density at radius 2 is 1.48 bits per heavy atom. The Hall–Kier alpha value is -4.35. The first-order valence-corrected chi connectivity index (χ1v) is 14.9. The summed E-state index contributed by atoms with van der Waals surface area (Å²) in [5, 5.41) is 2.59. The third-order valence-electron chi connectivity index (χ3n) is 7.49. The second-order valence-electron chi connectivity index (χ2n) is 10.1. The molecule has 0 aliphatic carbocycles. The molecular formula is C31H27N3O6S2. The number of methoxy groups -OCH3 is 2. The van der Waals surface area contributed by atoms with Crippen molar-refractivity contribution < 1.29 is 23.9 Å². The first kappa shape index (κ1) is 27.8. The van der Waals surface area contributed by atoms with Crippen molar-refractivity contribution in [1.29, 1.82) is 0 Å². The van der Waals surface area contributed by atoms with Crippen LogP contribution in [-0.4, -0.2) is 41.8 Å². The number of amides is 3. The van der Waals surface area contributed by atoms with E-state index >= 15 is 0 Å². The van der Waals surface area contributed by atoms with Gasteiger partial charge in [0.2, 0.25) is 17.7 Å². The normalized spacial score (nSPS) is 19.3. The molecule has 2 aliphatic heterocycles. The lowest BCUT2D eigenvalue weighted by atomic mass is 9.83. The fourth-order valence-corrected chi connectivity index (χ4v) is 8.17. The van der Waals surface area contributed by atoms with E-state index < -0.39 is 17.1 Å². The van der Waals surface area contributed by atoms with Crippen LogP contribution < -0.4 is 24.6 Å². The highest BCUT2D eigenvalue weighted by molar-refractivity contribution is 8.00. The topological polar surface area (TPSA) is 107 Å². The molecule has 0 spiro atoms. The monoisotopic (exact) mass is 601 g/mol. The van der Waals surface area contributed by atoms with E-state index in [1.807, 2.05) is 31.2 Å². The zero-order chi connectivity index (χ0) is 29.5. The lowest BCUT2D eigenvalue weighted by molar-refractivity contribution is -0.122. The second-order valence-corrected chi connectivity index (χ2v) is 12.2. The molecule has 4 aromatic rings. The molecular weight excluding hydrogens is 574 g/mol. The summed E-state index contributed by atoms with van der Waals surface area (Å²) in [6, 6.07) is 21.4. The zero-order valence-electron chi connectivity index (χ0n) is 23.0. The zero-order valence-corrected chi connectivity index (χ0v) is 24.7. The molecule has 6 rings (SSSR count). The maximum atomic E-state index is 14.0. The fraction of sp³-hybridized carbons (Fsp3) is 0.226. The molecule has 214 valence electrons. The molecule has 1 N–H and O–H groups in total. The summed E-state index contributed by atoms with van der Waals surface area (Å²) in [5.41, 5.74) is 2.92. The fourth-order valence-electron chi connectivity index (χ4n) is 5.39. The third kappa shape index (κ3) is 4.88. The minimum Gasteiger partial charge on any atom is -0.497 e. The molecule has 42 heavy (non-hydrogen) atoms. The van der Waals surface area contributed by atoms with Gasteiger partial charge in [0.1, 0.15) is 23.3 Å². The quantitative estimate of drug-likeness (QED) is 0.307. The number of ether oxygens (including phenoxy) is 2. The number of fused-ring (bicyclic) bond motifs is 2. The van der Waals surface area contributed by atoms with Gasteiger partial charge in [0.15, 0.2) is 0 Å². The minimum atomic E-state index is -0.778. The molecule has 0 saturated carbocycles. The summed E-state index contributed by atoms with van der Waals surface area (Å²) in [5.74, 6) is -1.10. The highest BCUT2D eigenvalue weighted by Gasteiger charge is 2.56. The van der Waals surface area contributed by atoms with Gasteiger partial charge in [0, 0.05) is 16.5 Å². The predicted molar refractivity (Wildman–Crippen MR) is 162 cm³/mol. The molecule has 1 fully saturated rings. The van der Waals surface area contributed by atoms with Crippen LogP contribution in [0.4, 0.5) is 11.4 Å². The number of benzene rings is 3. The van der Waals surface area contributed by atoms with E-state index in [1.54, 1.807) is 62.8 Å². The van der Waals surface area contributed by atoms with Gasteiger partial charge in [0.25, 0.3) is 0 Å². The van der Waals surface area contributed by atoms with E-state index in [4.69, 9.17) is 9.47 Å². The maximum absolute atomic E-state index is 14.0. The Morgan fingerprint density at radius 3 is 2.10 bits per heavy atom. The molecule has 3 amide bonds. The molecule has 3 aromatic carbocycles. The van der Waals surface area contributed by atoms with Crippen molar-refractivity contribution in [1.82, 2.24) is 4.57 Å². The van der Waals surface area contributed by atoms with Gasteiger partial charge in [-0.3, -0.25) is 23.7 Å². The number of aryl methyl sites for hydroxylation is 1. The van der Waals surface area contributed by atoms with Crippen molar-refractivity contribution in [3.63, 3.8) is 0 Å². The first-order valence-electron chi connectivity index (χ1n) is 13.2. The van der Waals surface area contributed by atoms with Gasteiger partial charge in [-0.2, -0.15) is 0 Å². The Bertz CT molecular complexity index is 1730. The summed E-state index contributed by atoms with van der Waals surface area (Å²) in [6.07, 6.45) is 0. The third-order valence-corrected chi connectivity index (χ3v) is 10.1. The van der Waals surface area contributed by atoms with E-state index in [0.717, 1.165) is 22.5 Å². The van der Waals surface area contributed by atoms with Gasteiger partial charge in [-0.05, 0) is 61.0 Å². The molecule has 1 saturated heterocycles. The van der Waals surface area contributed by atoms with Crippen LogP contribution in [0, 0.1) is 12.8 Å². The number of nitrogens with zero attached hydrogens (tertiary/aromatic N) is 2. The molecule has 0 bridgehead atoms. The number of thioether (sulfide) groups is 1. The lowest BCUT2D eigenvalue weighted by Gasteiger charge is -2.30. The van der Waals surface area contributed by atoms with Gasteiger partial charge in [-0.1, -0.05) is 52.9 Å². The molecule has 11 heteroatoms.